The Kier molecular flexibility index (Phi) is 4.84. The summed E-state index contributed by atoms with van der Waals surface area (Å²) in [5.74, 6) is -0.682. The minimum absolute atomic E-state index is 0.0618. The van der Waals surface area contributed by atoms with Gasteiger partial charge in [0.25, 0.3) is 5.91 Å². The fourth-order valence-electron chi connectivity index (χ4n) is 3.92. The molecule has 2 N–H and O–H groups in total. The van der Waals surface area contributed by atoms with Crippen molar-refractivity contribution in [3.63, 3.8) is 0 Å². The fourth-order valence-corrected chi connectivity index (χ4v) is 4.66. The van der Waals surface area contributed by atoms with E-state index in [0.717, 1.165) is 29.7 Å². The average molecular weight is 399 g/mol. The monoisotopic (exact) mass is 399 g/mol. The molecule has 8 nitrogen and oxygen atoms in total. The van der Waals surface area contributed by atoms with Gasteiger partial charge >= 0.3 is 6.03 Å². The molecule has 28 heavy (non-hydrogen) atoms. The number of carbonyl (C=O) groups is 3. The summed E-state index contributed by atoms with van der Waals surface area (Å²) in [6.45, 7) is 1.66. The molecule has 4 amide bonds. The predicted molar refractivity (Wildman–Crippen MR) is 105 cm³/mol. The first-order chi connectivity index (χ1) is 13.5. The summed E-state index contributed by atoms with van der Waals surface area (Å²) >= 11 is 1.28. The number of urea groups is 1. The zero-order valence-corrected chi connectivity index (χ0v) is 16.3. The number of rotatable bonds is 4. The van der Waals surface area contributed by atoms with Gasteiger partial charge in [-0.05, 0) is 30.9 Å². The molecule has 2 aromatic rings. The first kappa shape index (κ1) is 18.5. The predicted octanol–water partition coefficient (Wildman–Crippen LogP) is 2.64. The van der Waals surface area contributed by atoms with Crippen LogP contribution in [0.5, 0.6) is 0 Å². The number of nitrogens with one attached hydrogen (secondary N) is 2. The van der Waals surface area contributed by atoms with Gasteiger partial charge < -0.3 is 10.6 Å². The van der Waals surface area contributed by atoms with Crippen molar-refractivity contribution < 1.29 is 14.4 Å². The Balaban J connectivity index is 1.42. The highest BCUT2D eigenvalue weighted by molar-refractivity contribution is 7.14. The topological polar surface area (TPSA) is 104 Å². The number of pyridine rings is 1. The Hall–Kier alpha value is -2.81. The van der Waals surface area contributed by atoms with E-state index < -0.39 is 17.5 Å². The van der Waals surface area contributed by atoms with Crippen molar-refractivity contribution in [3.8, 4) is 11.3 Å². The van der Waals surface area contributed by atoms with Crippen molar-refractivity contribution in [2.45, 2.75) is 38.1 Å². The maximum atomic E-state index is 12.9. The normalized spacial score (nSPS) is 24.5. The van der Waals surface area contributed by atoms with Crippen molar-refractivity contribution >= 4 is 34.3 Å². The summed E-state index contributed by atoms with van der Waals surface area (Å²) in [6.07, 6.45) is 6.83. The van der Waals surface area contributed by atoms with E-state index >= 15 is 0 Å². The summed E-state index contributed by atoms with van der Waals surface area (Å²) < 4.78 is 0. The van der Waals surface area contributed by atoms with Gasteiger partial charge in [-0.25, -0.2) is 9.78 Å². The van der Waals surface area contributed by atoms with Crippen LogP contribution in [0, 0.1) is 5.92 Å². The molecule has 0 radical (unpaired) electrons. The minimum Gasteiger partial charge on any atom is -0.323 e. The number of anilines is 1. The molecule has 146 valence electrons. The molecule has 2 aliphatic rings. The molecule has 0 bridgehead atoms. The second kappa shape index (κ2) is 7.31. The van der Waals surface area contributed by atoms with Gasteiger partial charge in [0.1, 0.15) is 12.1 Å². The molecular weight excluding hydrogens is 378 g/mol. The van der Waals surface area contributed by atoms with Crippen molar-refractivity contribution in [2.24, 2.45) is 5.92 Å². The van der Waals surface area contributed by atoms with E-state index in [1.165, 1.54) is 11.3 Å². The Morgan fingerprint density at radius 2 is 2.29 bits per heavy atom. The van der Waals surface area contributed by atoms with E-state index in [0.29, 0.717) is 17.2 Å². The van der Waals surface area contributed by atoms with Crippen LogP contribution in [-0.2, 0) is 9.59 Å². The second-order valence-corrected chi connectivity index (χ2v) is 8.13. The first-order valence-corrected chi connectivity index (χ1v) is 10.2. The van der Waals surface area contributed by atoms with Gasteiger partial charge in [-0.3, -0.25) is 19.5 Å². The molecule has 1 saturated carbocycles. The van der Waals surface area contributed by atoms with Crippen LogP contribution in [0.4, 0.5) is 9.93 Å². The molecule has 0 aromatic carbocycles. The van der Waals surface area contributed by atoms with Crippen molar-refractivity contribution in [1.82, 2.24) is 20.2 Å². The lowest BCUT2D eigenvalue weighted by molar-refractivity contribution is -0.136. The van der Waals surface area contributed by atoms with Crippen LogP contribution in [0.25, 0.3) is 11.3 Å². The molecular formula is C19H21N5O3S. The highest BCUT2D eigenvalue weighted by Gasteiger charge is 2.55. The van der Waals surface area contributed by atoms with Crippen molar-refractivity contribution in [3.05, 3.63) is 29.9 Å². The lowest BCUT2D eigenvalue weighted by Crippen LogP contribution is -2.54. The highest BCUT2D eigenvalue weighted by atomic mass is 32.1. The number of nitrogens with zero attached hydrogens (tertiary/aromatic N) is 3. The molecule has 2 fully saturated rings. The van der Waals surface area contributed by atoms with Crippen LogP contribution in [-0.4, -0.2) is 44.8 Å². The summed E-state index contributed by atoms with van der Waals surface area (Å²) in [7, 11) is 0. The Labute approximate surface area is 166 Å². The van der Waals surface area contributed by atoms with E-state index in [-0.39, 0.29) is 18.4 Å². The summed E-state index contributed by atoms with van der Waals surface area (Å²) in [4.78, 5) is 47.2. The molecule has 0 unspecified atom stereocenters. The van der Waals surface area contributed by atoms with Crippen LogP contribution in [0.15, 0.2) is 29.9 Å². The first-order valence-electron chi connectivity index (χ1n) is 9.29. The third-order valence-electron chi connectivity index (χ3n) is 5.51. The lowest BCUT2D eigenvalue weighted by Gasteiger charge is -2.36. The fraction of sp³-hybridized carbons (Fsp3) is 0.421. The molecule has 3 heterocycles. The SMILES string of the molecule is C[C@H]1CCCC[C@@]12NC(=O)N(CC(=O)Nc1nc(-c3cccnc3)cs1)C2=O. The van der Waals surface area contributed by atoms with Gasteiger partial charge in [0.05, 0.1) is 5.69 Å². The minimum atomic E-state index is -0.857. The van der Waals surface area contributed by atoms with Crippen LogP contribution in [0.1, 0.15) is 32.6 Å². The van der Waals surface area contributed by atoms with E-state index in [9.17, 15) is 14.4 Å². The zero-order chi connectivity index (χ0) is 19.7. The Bertz CT molecular complexity index is 915. The third kappa shape index (κ3) is 3.26. The second-order valence-electron chi connectivity index (χ2n) is 7.27. The molecule has 9 heteroatoms. The number of hydrogen-bond donors (Lipinski definition) is 2. The highest BCUT2D eigenvalue weighted by Crippen LogP contribution is 2.38. The lowest BCUT2D eigenvalue weighted by atomic mass is 9.73. The number of amides is 4. The molecule has 4 rings (SSSR count). The maximum absolute atomic E-state index is 12.9. The van der Waals surface area contributed by atoms with E-state index in [2.05, 4.69) is 20.6 Å². The summed E-state index contributed by atoms with van der Waals surface area (Å²) in [5, 5.41) is 7.76. The Morgan fingerprint density at radius 1 is 1.43 bits per heavy atom. The zero-order valence-electron chi connectivity index (χ0n) is 15.5. The summed E-state index contributed by atoms with van der Waals surface area (Å²) in [6, 6.07) is 3.20. The average Bonchev–Trinajstić information content (AvgIpc) is 3.24. The quantitative estimate of drug-likeness (QED) is 0.769. The largest absolute Gasteiger partial charge is 0.325 e. The van der Waals surface area contributed by atoms with Gasteiger partial charge in [-0.1, -0.05) is 19.8 Å². The van der Waals surface area contributed by atoms with Crippen LogP contribution in [0.3, 0.4) is 0 Å². The number of thiazole rings is 1. The van der Waals surface area contributed by atoms with Crippen LogP contribution < -0.4 is 10.6 Å². The van der Waals surface area contributed by atoms with Gasteiger partial charge in [-0.2, -0.15) is 0 Å². The smallest absolute Gasteiger partial charge is 0.323 e. The van der Waals surface area contributed by atoms with Crippen LogP contribution in [0.2, 0.25) is 0 Å². The number of aromatic nitrogens is 2. The maximum Gasteiger partial charge on any atom is 0.325 e. The van der Waals surface area contributed by atoms with Crippen molar-refractivity contribution in [2.75, 3.05) is 11.9 Å². The van der Waals surface area contributed by atoms with Gasteiger partial charge in [0.15, 0.2) is 5.13 Å². The molecule has 1 aliphatic carbocycles. The molecule has 1 spiro atoms. The number of hydrogen-bond acceptors (Lipinski definition) is 6. The molecule has 2 aromatic heterocycles. The van der Waals surface area contributed by atoms with E-state index in [4.69, 9.17) is 0 Å². The Morgan fingerprint density at radius 3 is 3.04 bits per heavy atom. The summed E-state index contributed by atoms with van der Waals surface area (Å²) in [5.41, 5.74) is 0.699. The number of carbonyl (C=O) groups excluding carboxylic acids is 3. The van der Waals surface area contributed by atoms with Gasteiger partial charge in [0, 0.05) is 23.3 Å². The third-order valence-corrected chi connectivity index (χ3v) is 6.27. The van der Waals surface area contributed by atoms with Crippen molar-refractivity contribution in [1.29, 1.82) is 0 Å². The number of imide groups is 1. The molecule has 1 aliphatic heterocycles. The van der Waals surface area contributed by atoms with E-state index in [1.54, 1.807) is 12.4 Å². The van der Waals surface area contributed by atoms with Gasteiger partial charge in [0.2, 0.25) is 5.91 Å². The van der Waals surface area contributed by atoms with E-state index in [1.807, 2.05) is 24.4 Å². The van der Waals surface area contributed by atoms with Crippen LogP contribution >= 0.6 is 11.3 Å². The molecule has 2 atom stereocenters. The standard InChI is InChI=1S/C19H21N5O3S/c1-12-5-2-3-7-19(12)16(26)24(18(27)23-19)10-15(25)22-17-21-14(11-28-17)13-6-4-8-20-9-13/h4,6,8-9,11-12H,2-3,5,7,10H2,1H3,(H,23,27)(H,21,22,25)/t12-,19+/m0/s1. The van der Waals surface area contributed by atoms with Gasteiger partial charge in [-0.15, -0.1) is 11.3 Å². The molecule has 1 saturated heterocycles.